The number of nitrogens with zero attached hydrogens (tertiary/aromatic N) is 3. The summed E-state index contributed by atoms with van der Waals surface area (Å²) in [7, 11) is 1.98. The van der Waals surface area contributed by atoms with Crippen LogP contribution >= 0.6 is 0 Å². The summed E-state index contributed by atoms with van der Waals surface area (Å²) in [5.41, 5.74) is 3.22. The summed E-state index contributed by atoms with van der Waals surface area (Å²) in [4.78, 5) is 6.57. The third-order valence-corrected chi connectivity index (χ3v) is 2.56. The third kappa shape index (κ3) is 2.40. The van der Waals surface area contributed by atoms with Gasteiger partial charge in [0.15, 0.2) is 0 Å². The first kappa shape index (κ1) is 11.1. The molecule has 0 atom stereocenters. The lowest BCUT2D eigenvalue weighted by molar-refractivity contribution is 0.216. The topological polar surface area (TPSA) is 40.8 Å². The Morgan fingerprint density at radius 2 is 2.19 bits per heavy atom. The van der Waals surface area contributed by atoms with Gasteiger partial charge in [-0.05, 0) is 25.6 Å². The molecule has 0 saturated carbocycles. The molecule has 4 heteroatoms. The highest BCUT2D eigenvalue weighted by Crippen LogP contribution is 2.08. The number of rotatable bonds is 4. The first-order valence-electron chi connectivity index (χ1n) is 5.42. The highest BCUT2D eigenvalue weighted by atomic mass is 16.3. The Bertz CT molecular complexity index is 478. The van der Waals surface area contributed by atoms with Gasteiger partial charge in [0.25, 0.3) is 0 Å². The summed E-state index contributed by atoms with van der Waals surface area (Å²) in [5.74, 6) is 0. The number of fused-ring (bicyclic) bond motifs is 1. The number of aliphatic hydroxyl groups excluding tert-OH is 1. The van der Waals surface area contributed by atoms with Crippen LogP contribution in [0.3, 0.4) is 0 Å². The molecule has 0 unspecified atom stereocenters. The van der Waals surface area contributed by atoms with Gasteiger partial charge < -0.3 is 9.51 Å². The van der Waals surface area contributed by atoms with Crippen molar-refractivity contribution in [3.8, 4) is 0 Å². The van der Waals surface area contributed by atoms with Gasteiger partial charge in [-0.3, -0.25) is 4.90 Å². The van der Waals surface area contributed by atoms with Gasteiger partial charge in [-0.1, -0.05) is 6.07 Å². The van der Waals surface area contributed by atoms with E-state index in [1.54, 1.807) is 0 Å². The van der Waals surface area contributed by atoms with Gasteiger partial charge in [0.1, 0.15) is 5.65 Å². The molecule has 0 aliphatic carbocycles. The zero-order chi connectivity index (χ0) is 11.5. The van der Waals surface area contributed by atoms with E-state index in [0.29, 0.717) is 6.54 Å². The second-order valence-corrected chi connectivity index (χ2v) is 4.17. The summed E-state index contributed by atoms with van der Waals surface area (Å²) in [6.45, 7) is 3.69. The summed E-state index contributed by atoms with van der Waals surface area (Å²) >= 11 is 0. The SMILES string of the molecule is Cc1ccc2nc(CN(C)CCO)cn2c1. The van der Waals surface area contributed by atoms with Crippen LogP contribution in [0.15, 0.2) is 24.5 Å². The number of aromatic nitrogens is 2. The molecule has 0 aliphatic heterocycles. The Morgan fingerprint density at radius 1 is 1.38 bits per heavy atom. The number of hydrogen-bond acceptors (Lipinski definition) is 3. The lowest BCUT2D eigenvalue weighted by Gasteiger charge is -2.12. The molecule has 86 valence electrons. The van der Waals surface area contributed by atoms with Crippen LogP contribution in [0, 0.1) is 6.92 Å². The molecular formula is C12H17N3O. The van der Waals surface area contributed by atoms with Crippen molar-refractivity contribution in [2.45, 2.75) is 13.5 Å². The third-order valence-electron chi connectivity index (χ3n) is 2.56. The molecule has 0 bridgehead atoms. The maximum atomic E-state index is 8.82. The van der Waals surface area contributed by atoms with E-state index in [9.17, 15) is 0 Å². The maximum Gasteiger partial charge on any atom is 0.137 e. The molecule has 2 heterocycles. The summed E-state index contributed by atoms with van der Waals surface area (Å²) in [5, 5.41) is 8.82. The van der Waals surface area contributed by atoms with Crippen molar-refractivity contribution in [1.82, 2.24) is 14.3 Å². The fraction of sp³-hybridized carbons (Fsp3) is 0.417. The highest BCUT2D eigenvalue weighted by Gasteiger charge is 2.04. The summed E-state index contributed by atoms with van der Waals surface area (Å²) in [6.07, 6.45) is 4.11. The predicted octanol–water partition coefficient (Wildman–Crippen LogP) is 1.07. The van der Waals surface area contributed by atoms with E-state index in [4.69, 9.17) is 5.11 Å². The molecule has 0 spiro atoms. The monoisotopic (exact) mass is 219 g/mol. The first-order chi connectivity index (χ1) is 7.69. The highest BCUT2D eigenvalue weighted by molar-refractivity contribution is 5.41. The number of pyridine rings is 1. The zero-order valence-electron chi connectivity index (χ0n) is 9.72. The van der Waals surface area contributed by atoms with Gasteiger partial charge in [-0.2, -0.15) is 0 Å². The molecule has 2 rings (SSSR count). The van der Waals surface area contributed by atoms with E-state index in [1.807, 2.05) is 23.7 Å². The molecule has 16 heavy (non-hydrogen) atoms. The smallest absolute Gasteiger partial charge is 0.137 e. The fourth-order valence-electron chi connectivity index (χ4n) is 1.76. The molecule has 0 fully saturated rings. The van der Waals surface area contributed by atoms with Gasteiger partial charge in [-0.15, -0.1) is 0 Å². The lowest BCUT2D eigenvalue weighted by Crippen LogP contribution is -2.21. The molecule has 0 radical (unpaired) electrons. The van der Waals surface area contributed by atoms with Gasteiger partial charge >= 0.3 is 0 Å². The number of aryl methyl sites for hydroxylation is 1. The van der Waals surface area contributed by atoms with Crippen LogP contribution in [0.25, 0.3) is 5.65 Å². The van der Waals surface area contributed by atoms with Crippen LogP contribution in [0.5, 0.6) is 0 Å². The van der Waals surface area contributed by atoms with Crippen molar-refractivity contribution in [2.24, 2.45) is 0 Å². The Morgan fingerprint density at radius 3 is 2.94 bits per heavy atom. The Hall–Kier alpha value is -1.39. The molecule has 2 aromatic rings. The van der Waals surface area contributed by atoms with Crippen molar-refractivity contribution in [3.63, 3.8) is 0 Å². The molecule has 0 saturated heterocycles. The van der Waals surface area contributed by atoms with Crippen LogP contribution in [0.1, 0.15) is 11.3 Å². The van der Waals surface area contributed by atoms with Gasteiger partial charge in [0, 0.05) is 25.5 Å². The van der Waals surface area contributed by atoms with Gasteiger partial charge in [0.05, 0.1) is 12.3 Å². The summed E-state index contributed by atoms with van der Waals surface area (Å²) < 4.78 is 2.04. The normalized spacial score (nSPS) is 11.5. The minimum absolute atomic E-state index is 0.184. The second-order valence-electron chi connectivity index (χ2n) is 4.17. The van der Waals surface area contributed by atoms with E-state index in [1.165, 1.54) is 5.56 Å². The molecule has 4 nitrogen and oxygen atoms in total. The van der Waals surface area contributed by atoms with Crippen molar-refractivity contribution in [2.75, 3.05) is 20.2 Å². The summed E-state index contributed by atoms with van der Waals surface area (Å²) in [6, 6.07) is 4.08. The average molecular weight is 219 g/mol. The standard InChI is InChI=1S/C12H17N3O/c1-10-3-4-12-13-11(9-15(12)7-10)8-14(2)5-6-16/h3-4,7,9,16H,5-6,8H2,1-2H3. The number of hydrogen-bond donors (Lipinski definition) is 1. The zero-order valence-corrected chi connectivity index (χ0v) is 9.72. The van der Waals surface area contributed by atoms with Crippen molar-refractivity contribution < 1.29 is 5.11 Å². The second kappa shape index (κ2) is 4.63. The Labute approximate surface area is 95.1 Å². The van der Waals surface area contributed by atoms with E-state index in [2.05, 4.69) is 29.1 Å². The molecule has 1 N–H and O–H groups in total. The number of likely N-dealkylation sites (N-methyl/N-ethyl adjacent to an activating group) is 1. The van der Waals surface area contributed by atoms with E-state index in [-0.39, 0.29) is 6.61 Å². The van der Waals surface area contributed by atoms with Crippen LogP contribution in [-0.2, 0) is 6.54 Å². The first-order valence-corrected chi connectivity index (χ1v) is 5.42. The largest absolute Gasteiger partial charge is 0.395 e. The van der Waals surface area contributed by atoms with Crippen LogP contribution in [-0.4, -0.2) is 39.6 Å². The number of imidazole rings is 1. The van der Waals surface area contributed by atoms with E-state index >= 15 is 0 Å². The van der Waals surface area contributed by atoms with E-state index in [0.717, 1.165) is 17.9 Å². The molecule has 0 amide bonds. The predicted molar refractivity (Wildman–Crippen MR) is 63.3 cm³/mol. The minimum Gasteiger partial charge on any atom is -0.395 e. The Balaban J connectivity index is 2.19. The average Bonchev–Trinajstić information content (AvgIpc) is 2.59. The molecule has 0 aliphatic rings. The van der Waals surface area contributed by atoms with Crippen molar-refractivity contribution >= 4 is 5.65 Å². The van der Waals surface area contributed by atoms with Gasteiger partial charge in [0.2, 0.25) is 0 Å². The lowest BCUT2D eigenvalue weighted by atomic mass is 10.3. The quantitative estimate of drug-likeness (QED) is 0.836. The van der Waals surface area contributed by atoms with Gasteiger partial charge in [-0.25, -0.2) is 4.98 Å². The molecule has 0 aromatic carbocycles. The number of aliphatic hydroxyl groups is 1. The maximum absolute atomic E-state index is 8.82. The fourth-order valence-corrected chi connectivity index (χ4v) is 1.76. The Kier molecular flexibility index (Phi) is 3.22. The van der Waals surface area contributed by atoms with Crippen LogP contribution in [0.4, 0.5) is 0 Å². The van der Waals surface area contributed by atoms with Crippen molar-refractivity contribution in [1.29, 1.82) is 0 Å². The van der Waals surface area contributed by atoms with E-state index < -0.39 is 0 Å². The molecular weight excluding hydrogens is 202 g/mol. The molecule has 2 aromatic heterocycles. The van der Waals surface area contributed by atoms with Crippen molar-refractivity contribution in [3.05, 3.63) is 35.8 Å². The van der Waals surface area contributed by atoms with Crippen LogP contribution in [0.2, 0.25) is 0 Å². The van der Waals surface area contributed by atoms with Crippen LogP contribution < -0.4 is 0 Å². The minimum atomic E-state index is 0.184.